The van der Waals surface area contributed by atoms with Crippen molar-refractivity contribution in [2.24, 2.45) is 0 Å². The van der Waals surface area contributed by atoms with Crippen molar-refractivity contribution < 1.29 is 14.6 Å². The second-order valence-corrected chi connectivity index (χ2v) is 5.89. The van der Waals surface area contributed by atoms with Crippen LogP contribution < -0.4 is 0 Å². The molecule has 0 aromatic heterocycles. The van der Waals surface area contributed by atoms with E-state index < -0.39 is 0 Å². The van der Waals surface area contributed by atoms with Gasteiger partial charge in [0.2, 0.25) is 0 Å². The molecule has 0 fully saturated rings. The van der Waals surface area contributed by atoms with Gasteiger partial charge < -0.3 is 14.6 Å². The predicted molar refractivity (Wildman–Crippen MR) is 94.8 cm³/mol. The summed E-state index contributed by atoms with van der Waals surface area (Å²) in [6.07, 6.45) is 5.73. The molecule has 22 heavy (non-hydrogen) atoms. The molecule has 4 nitrogen and oxygen atoms in total. The van der Waals surface area contributed by atoms with E-state index in [1.165, 1.54) is 0 Å². The highest BCUT2D eigenvalue weighted by atomic mass is 16.5. The van der Waals surface area contributed by atoms with Gasteiger partial charge in [0, 0.05) is 13.7 Å². The number of rotatable bonds is 8. The molecule has 0 saturated carbocycles. The average molecular weight is 313 g/mol. The second kappa shape index (κ2) is 13.6. The lowest BCUT2D eigenvalue weighted by atomic mass is 10.2. The quantitative estimate of drug-likeness (QED) is 0.421. The van der Waals surface area contributed by atoms with Crippen LogP contribution in [0.2, 0.25) is 0 Å². The van der Waals surface area contributed by atoms with Crippen molar-refractivity contribution in [3.8, 4) is 0 Å². The summed E-state index contributed by atoms with van der Waals surface area (Å²) in [7, 11) is 1.71. The van der Waals surface area contributed by atoms with Crippen molar-refractivity contribution in [3.63, 3.8) is 0 Å². The van der Waals surface area contributed by atoms with E-state index in [-0.39, 0.29) is 12.3 Å². The van der Waals surface area contributed by atoms with Gasteiger partial charge in [-0.05, 0) is 53.3 Å². The maximum Gasteiger partial charge on any atom is 0.115 e. The summed E-state index contributed by atoms with van der Waals surface area (Å²) >= 11 is 0. The number of aliphatic hydroxyl groups is 1. The first-order valence-electron chi connectivity index (χ1n) is 7.71. The summed E-state index contributed by atoms with van der Waals surface area (Å²) in [5.74, 6) is 0.831. The van der Waals surface area contributed by atoms with Crippen LogP contribution >= 0.6 is 0 Å². The fourth-order valence-corrected chi connectivity index (χ4v) is 1.07. The van der Waals surface area contributed by atoms with Crippen molar-refractivity contribution >= 4 is 0 Å². The maximum absolute atomic E-state index is 8.95. The molecule has 0 rings (SSSR count). The van der Waals surface area contributed by atoms with E-state index in [1.807, 2.05) is 64.7 Å². The maximum atomic E-state index is 8.95. The Balaban J connectivity index is 0. The number of likely N-dealkylation sites (N-methyl/N-ethyl adjacent to an activating group) is 1. The fourth-order valence-electron chi connectivity index (χ4n) is 1.07. The molecule has 0 aliphatic rings. The SMILES string of the molecule is C=C(C)/C=C\C(=C/C)OCCN(CC)CO.COC(C)(C)C. The molecule has 0 bridgehead atoms. The zero-order valence-electron chi connectivity index (χ0n) is 15.5. The van der Waals surface area contributed by atoms with Crippen LogP contribution in [-0.2, 0) is 9.47 Å². The molecule has 0 aliphatic heterocycles. The highest BCUT2D eigenvalue weighted by molar-refractivity contribution is 5.20. The predicted octanol–water partition coefficient (Wildman–Crippen LogP) is 3.74. The van der Waals surface area contributed by atoms with Gasteiger partial charge in [-0.25, -0.2) is 0 Å². The van der Waals surface area contributed by atoms with Gasteiger partial charge in [0.15, 0.2) is 0 Å². The summed E-state index contributed by atoms with van der Waals surface area (Å²) < 4.78 is 10.5. The Kier molecular flexibility index (Phi) is 14.3. The van der Waals surface area contributed by atoms with Gasteiger partial charge in [-0.2, -0.15) is 0 Å². The lowest BCUT2D eigenvalue weighted by molar-refractivity contribution is 0.0397. The van der Waals surface area contributed by atoms with Gasteiger partial charge in [0.25, 0.3) is 0 Å². The molecule has 130 valence electrons. The molecule has 0 amide bonds. The first-order chi connectivity index (χ1) is 10.2. The number of allylic oxidation sites excluding steroid dienone is 4. The zero-order valence-corrected chi connectivity index (χ0v) is 15.5. The van der Waals surface area contributed by atoms with Gasteiger partial charge in [-0.15, -0.1) is 0 Å². The molecule has 0 aromatic carbocycles. The topological polar surface area (TPSA) is 41.9 Å². The Morgan fingerprint density at radius 1 is 1.27 bits per heavy atom. The van der Waals surface area contributed by atoms with Gasteiger partial charge >= 0.3 is 0 Å². The molecule has 0 spiro atoms. The molecular formula is C18H35NO3. The minimum absolute atomic E-state index is 0.0417. The van der Waals surface area contributed by atoms with Crippen LogP contribution in [-0.4, -0.2) is 49.1 Å². The summed E-state index contributed by atoms with van der Waals surface area (Å²) in [4.78, 5) is 1.90. The Hall–Kier alpha value is -1.10. The molecule has 0 heterocycles. The van der Waals surface area contributed by atoms with Crippen LogP contribution in [0.15, 0.2) is 36.1 Å². The zero-order chi connectivity index (χ0) is 17.6. The standard InChI is InChI=1S/C13H23NO2.C5H12O/c1-5-13(8-7-12(3)4)16-10-9-14(6-2)11-15;1-5(2,3)6-4/h5,7-8,15H,3,6,9-11H2,1-2,4H3;1-4H3/b8-7-,13-5+;. The molecule has 0 radical (unpaired) electrons. The molecule has 4 heteroatoms. The lowest BCUT2D eigenvalue weighted by Gasteiger charge is -2.17. The van der Waals surface area contributed by atoms with Crippen LogP contribution in [0, 0.1) is 0 Å². The Labute approximate surface area is 137 Å². The number of hydrogen-bond donors (Lipinski definition) is 1. The first kappa shape index (κ1) is 23.2. The van der Waals surface area contributed by atoms with Crippen LogP contribution in [0.3, 0.4) is 0 Å². The largest absolute Gasteiger partial charge is 0.493 e. The first-order valence-corrected chi connectivity index (χ1v) is 7.71. The van der Waals surface area contributed by atoms with Crippen molar-refractivity contribution in [1.29, 1.82) is 0 Å². The molecule has 1 N–H and O–H groups in total. The fraction of sp³-hybridized carbons (Fsp3) is 0.667. The summed E-state index contributed by atoms with van der Waals surface area (Å²) in [5, 5.41) is 8.95. The molecule has 0 aromatic rings. The Bertz CT molecular complexity index is 337. The third kappa shape index (κ3) is 17.0. The van der Waals surface area contributed by atoms with Crippen molar-refractivity contribution in [2.75, 3.05) is 33.5 Å². The van der Waals surface area contributed by atoms with Crippen molar-refractivity contribution in [3.05, 3.63) is 36.1 Å². The Morgan fingerprint density at radius 3 is 2.14 bits per heavy atom. The third-order valence-corrected chi connectivity index (χ3v) is 2.75. The van der Waals surface area contributed by atoms with Crippen molar-refractivity contribution in [1.82, 2.24) is 4.90 Å². The van der Waals surface area contributed by atoms with Gasteiger partial charge in [0.1, 0.15) is 12.4 Å². The van der Waals surface area contributed by atoms with E-state index in [4.69, 9.17) is 14.6 Å². The van der Waals surface area contributed by atoms with Crippen LogP contribution in [0.4, 0.5) is 0 Å². The van der Waals surface area contributed by atoms with E-state index in [0.717, 1.165) is 24.4 Å². The second-order valence-electron chi connectivity index (χ2n) is 5.89. The molecule has 0 aliphatic carbocycles. The van der Waals surface area contributed by atoms with Crippen molar-refractivity contribution in [2.45, 2.75) is 47.1 Å². The van der Waals surface area contributed by atoms with Crippen LogP contribution in [0.5, 0.6) is 0 Å². The number of methoxy groups -OCH3 is 1. The number of ether oxygens (including phenoxy) is 2. The summed E-state index contributed by atoms with van der Waals surface area (Å²) in [6.45, 7) is 17.9. The number of nitrogens with zero attached hydrogens (tertiary/aromatic N) is 1. The van der Waals surface area contributed by atoms with E-state index in [1.54, 1.807) is 7.11 Å². The normalized spacial score (nSPS) is 12.3. The minimum Gasteiger partial charge on any atom is -0.493 e. The smallest absolute Gasteiger partial charge is 0.115 e. The molecular weight excluding hydrogens is 278 g/mol. The van der Waals surface area contributed by atoms with Crippen LogP contribution in [0.1, 0.15) is 41.5 Å². The summed E-state index contributed by atoms with van der Waals surface area (Å²) in [6, 6.07) is 0. The Morgan fingerprint density at radius 2 is 1.82 bits per heavy atom. The molecule has 0 saturated heterocycles. The third-order valence-electron chi connectivity index (χ3n) is 2.75. The summed E-state index contributed by atoms with van der Waals surface area (Å²) in [5.41, 5.74) is 1.04. The average Bonchev–Trinajstić information content (AvgIpc) is 2.46. The lowest BCUT2D eigenvalue weighted by Crippen LogP contribution is -2.28. The monoisotopic (exact) mass is 313 g/mol. The number of aliphatic hydroxyl groups excluding tert-OH is 1. The van der Waals surface area contributed by atoms with Gasteiger partial charge in [-0.3, -0.25) is 4.90 Å². The van der Waals surface area contributed by atoms with Gasteiger partial charge in [-0.1, -0.05) is 25.2 Å². The molecule has 0 unspecified atom stereocenters. The van der Waals surface area contributed by atoms with E-state index in [9.17, 15) is 0 Å². The van der Waals surface area contributed by atoms with E-state index >= 15 is 0 Å². The highest BCUT2D eigenvalue weighted by Crippen LogP contribution is 2.03. The van der Waals surface area contributed by atoms with E-state index in [2.05, 4.69) is 6.58 Å². The minimum atomic E-state index is 0.0417. The highest BCUT2D eigenvalue weighted by Gasteiger charge is 2.04. The number of hydrogen-bond acceptors (Lipinski definition) is 4. The van der Waals surface area contributed by atoms with E-state index in [0.29, 0.717) is 6.61 Å². The van der Waals surface area contributed by atoms with Gasteiger partial charge in [0.05, 0.1) is 12.3 Å². The van der Waals surface area contributed by atoms with Crippen LogP contribution in [0.25, 0.3) is 0 Å². The molecule has 0 atom stereocenters.